The quantitative estimate of drug-likeness (QED) is 0.531. The number of ether oxygens (including phenoxy) is 1. The summed E-state index contributed by atoms with van der Waals surface area (Å²) in [5.74, 6) is -0.348. The first-order valence-corrected chi connectivity index (χ1v) is 13.3. The number of nitrogens with zero attached hydrogens (tertiary/aromatic N) is 1. The molecule has 4 rings (SSSR count). The third kappa shape index (κ3) is 5.99. The van der Waals surface area contributed by atoms with Crippen LogP contribution in [0.25, 0.3) is 11.1 Å². The van der Waals surface area contributed by atoms with Crippen molar-refractivity contribution in [3.8, 4) is 11.1 Å². The maximum Gasteiger partial charge on any atom is 0.407 e. The van der Waals surface area contributed by atoms with Crippen LogP contribution < -0.4 is 5.32 Å². The van der Waals surface area contributed by atoms with E-state index in [1.54, 1.807) is 4.90 Å². The molecule has 2 amide bonds. The Labute approximate surface area is 210 Å². The van der Waals surface area contributed by atoms with E-state index < -0.39 is 18.1 Å². The number of nitrogens with one attached hydrogen (secondary N) is 1. The van der Waals surface area contributed by atoms with Crippen molar-refractivity contribution >= 4 is 29.7 Å². The van der Waals surface area contributed by atoms with Gasteiger partial charge in [0.15, 0.2) is 0 Å². The van der Waals surface area contributed by atoms with Crippen LogP contribution >= 0.6 is 11.8 Å². The van der Waals surface area contributed by atoms with E-state index in [1.165, 1.54) is 0 Å². The first kappa shape index (κ1) is 25.1. The molecule has 8 heteroatoms. The maximum atomic E-state index is 13.2. The highest BCUT2D eigenvalue weighted by Crippen LogP contribution is 2.44. The Morgan fingerprint density at radius 3 is 2.40 bits per heavy atom. The number of piperidine rings is 1. The summed E-state index contributed by atoms with van der Waals surface area (Å²) in [6.07, 6.45) is 1.08. The summed E-state index contributed by atoms with van der Waals surface area (Å²) >= 11 is 1.83. The van der Waals surface area contributed by atoms with Crippen molar-refractivity contribution in [1.82, 2.24) is 10.2 Å². The van der Waals surface area contributed by atoms with Gasteiger partial charge in [0, 0.05) is 30.7 Å². The highest BCUT2D eigenvalue weighted by Gasteiger charge is 2.32. The van der Waals surface area contributed by atoms with Gasteiger partial charge in [-0.1, -0.05) is 55.5 Å². The molecule has 1 aliphatic carbocycles. The van der Waals surface area contributed by atoms with Crippen LogP contribution in [0, 0.1) is 0 Å². The molecule has 0 saturated carbocycles. The smallest absolute Gasteiger partial charge is 0.407 e. The molecular formula is C27H32N2O5S. The third-order valence-electron chi connectivity index (χ3n) is 6.67. The molecule has 0 radical (unpaired) electrons. The Morgan fingerprint density at radius 1 is 1.11 bits per heavy atom. The number of carboxylic acids is 1. The number of carboxylic acid groups (broad SMARTS) is 1. The monoisotopic (exact) mass is 496 g/mol. The van der Waals surface area contributed by atoms with Crippen molar-refractivity contribution in [1.29, 1.82) is 0 Å². The number of fused-ring (bicyclic) bond motifs is 3. The van der Waals surface area contributed by atoms with Gasteiger partial charge in [-0.3, -0.25) is 9.59 Å². The SMILES string of the molecule is CCSC1CCCN(C(=O)C(CCC(=O)O)NC(=O)OCC2c3ccccc3-c3ccccc32)C1. The van der Waals surface area contributed by atoms with E-state index >= 15 is 0 Å². The van der Waals surface area contributed by atoms with Crippen LogP contribution in [0.2, 0.25) is 0 Å². The summed E-state index contributed by atoms with van der Waals surface area (Å²) in [6.45, 7) is 3.47. The van der Waals surface area contributed by atoms with Crippen molar-refractivity contribution in [2.45, 2.75) is 49.8 Å². The summed E-state index contributed by atoms with van der Waals surface area (Å²) in [4.78, 5) is 39.0. The number of carbonyl (C=O) groups excluding carboxylic acids is 2. The molecule has 2 aromatic rings. The molecule has 7 nitrogen and oxygen atoms in total. The van der Waals surface area contributed by atoms with Crippen molar-refractivity contribution in [3.05, 3.63) is 59.7 Å². The fraction of sp³-hybridized carbons (Fsp3) is 0.444. The summed E-state index contributed by atoms with van der Waals surface area (Å²) < 4.78 is 5.60. The minimum absolute atomic E-state index is 0.0282. The third-order valence-corrected chi connectivity index (χ3v) is 7.86. The van der Waals surface area contributed by atoms with E-state index in [9.17, 15) is 14.4 Å². The predicted octanol–water partition coefficient (Wildman–Crippen LogP) is 4.50. The zero-order chi connectivity index (χ0) is 24.8. The lowest BCUT2D eigenvalue weighted by Gasteiger charge is -2.34. The summed E-state index contributed by atoms with van der Waals surface area (Å²) in [5, 5.41) is 12.2. The molecule has 1 heterocycles. The van der Waals surface area contributed by atoms with Crippen LogP contribution in [-0.2, 0) is 14.3 Å². The van der Waals surface area contributed by atoms with Crippen LogP contribution in [-0.4, -0.2) is 64.7 Å². The van der Waals surface area contributed by atoms with Gasteiger partial charge in [0.1, 0.15) is 12.6 Å². The Kier molecular flexibility index (Phi) is 8.33. The van der Waals surface area contributed by atoms with Crippen LogP contribution in [0.5, 0.6) is 0 Å². The van der Waals surface area contributed by atoms with Gasteiger partial charge in [0.05, 0.1) is 0 Å². The Morgan fingerprint density at radius 2 is 1.77 bits per heavy atom. The lowest BCUT2D eigenvalue weighted by Crippen LogP contribution is -2.52. The fourth-order valence-corrected chi connectivity index (χ4v) is 6.13. The normalized spacial score (nSPS) is 17.9. The summed E-state index contributed by atoms with van der Waals surface area (Å²) in [6, 6.07) is 15.2. The Balaban J connectivity index is 1.41. The van der Waals surface area contributed by atoms with Gasteiger partial charge < -0.3 is 20.1 Å². The number of aliphatic carboxylic acids is 1. The van der Waals surface area contributed by atoms with Gasteiger partial charge in [-0.05, 0) is 47.3 Å². The van der Waals surface area contributed by atoms with Crippen molar-refractivity contribution < 1.29 is 24.2 Å². The maximum absolute atomic E-state index is 13.2. The number of amides is 2. The zero-order valence-electron chi connectivity index (χ0n) is 19.9. The number of benzene rings is 2. The second kappa shape index (κ2) is 11.6. The average Bonchev–Trinajstić information content (AvgIpc) is 3.19. The lowest BCUT2D eigenvalue weighted by molar-refractivity contribution is -0.138. The number of hydrogen-bond donors (Lipinski definition) is 2. The molecule has 0 spiro atoms. The Bertz CT molecular complexity index is 1030. The molecule has 1 aliphatic heterocycles. The van der Waals surface area contributed by atoms with Crippen LogP contribution in [0.4, 0.5) is 4.79 Å². The molecule has 2 N–H and O–H groups in total. The van der Waals surface area contributed by atoms with Gasteiger partial charge in [-0.25, -0.2) is 4.79 Å². The van der Waals surface area contributed by atoms with Gasteiger partial charge in [-0.2, -0.15) is 11.8 Å². The largest absolute Gasteiger partial charge is 0.481 e. The summed E-state index contributed by atoms with van der Waals surface area (Å²) in [5.41, 5.74) is 4.48. The standard InChI is InChI=1S/C27H32N2O5S/c1-2-35-18-8-7-15-29(16-18)26(32)24(13-14-25(30)31)28-27(33)34-17-23-21-11-5-3-9-19(21)20-10-4-6-12-22(20)23/h3-6,9-12,18,23-24H,2,7-8,13-17H2,1H3,(H,28,33)(H,30,31). The predicted molar refractivity (Wildman–Crippen MR) is 137 cm³/mol. The van der Waals surface area contributed by atoms with E-state index in [2.05, 4.69) is 24.4 Å². The first-order valence-electron chi connectivity index (χ1n) is 12.2. The van der Waals surface area contributed by atoms with Gasteiger partial charge in [0.25, 0.3) is 0 Å². The van der Waals surface area contributed by atoms with Crippen LogP contribution in [0.3, 0.4) is 0 Å². The molecule has 2 unspecified atom stereocenters. The molecule has 35 heavy (non-hydrogen) atoms. The number of thioether (sulfide) groups is 1. The Hall–Kier alpha value is -3.00. The van der Waals surface area contributed by atoms with Gasteiger partial charge >= 0.3 is 12.1 Å². The van der Waals surface area contributed by atoms with Crippen molar-refractivity contribution in [2.24, 2.45) is 0 Å². The highest BCUT2D eigenvalue weighted by molar-refractivity contribution is 7.99. The molecule has 0 aromatic heterocycles. The van der Waals surface area contributed by atoms with E-state index in [4.69, 9.17) is 9.84 Å². The number of likely N-dealkylation sites (tertiary alicyclic amines) is 1. The first-order chi connectivity index (χ1) is 17.0. The number of alkyl carbamates (subject to hydrolysis) is 1. The minimum Gasteiger partial charge on any atom is -0.481 e. The molecular weight excluding hydrogens is 464 g/mol. The zero-order valence-corrected chi connectivity index (χ0v) is 20.8. The minimum atomic E-state index is -1.00. The highest BCUT2D eigenvalue weighted by atomic mass is 32.2. The molecule has 1 fully saturated rings. The molecule has 1 saturated heterocycles. The lowest BCUT2D eigenvalue weighted by atomic mass is 9.98. The second-order valence-corrected chi connectivity index (χ2v) is 10.5. The average molecular weight is 497 g/mol. The molecule has 0 bridgehead atoms. The molecule has 2 atom stereocenters. The van der Waals surface area contributed by atoms with Crippen molar-refractivity contribution in [2.75, 3.05) is 25.4 Å². The second-order valence-electron chi connectivity index (χ2n) is 8.96. The van der Waals surface area contributed by atoms with E-state index in [-0.39, 0.29) is 31.3 Å². The van der Waals surface area contributed by atoms with E-state index in [0.29, 0.717) is 18.3 Å². The van der Waals surface area contributed by atoms with E-state index in [1.807, 2.05) is 48.2 Å². The number of rotatable bonds is 9. The summed E-state index contributed by atoms with van der Waals surface area (Å²) in [7, 11) is 0. The number of carbonyl (C=O) groups is 3. The topological polar surface area (TPSA) is 95.9 Å². The van der Waals surface area contributed by atoms with Crippen LogP contribution in [0.1, 0.15) is 49.7 Å². The molecule has 2 aliphatic rings. The number of hydrogen-bond acceptors (Lipinski definition) is 5. The van der Waals surface area contributed by atoms with Crippen molar-refractivity contribution in [3.63, 3.8) is 0 Å². The molecule has 2 aromatic carbocycles. The fourth-order valence-electron chi connectivity index (χ4n) is 5.04. The van der Waals surface area contributed by atoms with Gasteiger partial charge in [-0.15, -0.1) is 0 Å². The van der Waals surface area contributed by atoms with E-state index in [0.717, 1.165) is 40.8 Å². The molecule has 186 valence electrons. The van der Waals surface area contributed by atoms with Crippen LogP contribution in [0.15, 0.2) is 48.5 Å². The van der Waals surface area contributed by atoms with Gasteiger partial charge in [0.2, 0.25) is 5.91 Å².